The molecule has 0 saturated carbocycles. The molecule has 4 nitrogen and oxygen atoms in total. The van der Waals surface area contributed by atoms with Gasteiger partial charge in [-0.25, -0.2) is 4.98 Å². The highest BCUT2D eigenvalue weighted by molar-refractivity contribution is 7.11. The van der Waals surface area contributed by atoms with Crippen molar-refractivity contribution in [3.8, 4) is 0 Å². The molecule has 108 valence electrons. The van der Waals surface area contributed by atoms with Gasteiger partial charge >= 0.3 is 0 Å². The predicted molar refractivity (Wildman–Crippen MR) is 81.9 cm³/mol. The molecule has 1 N–H and O–H groups in total. The third kappa shape index (κ3) is 4.53. The van der Waals surface area contributed by atoms with Crippen molar-refractivity contribution in [2.75, 3.05) is 46.3 Å². The van der Waals surface area contributed by atoms with Crippen LogP contribution >= 0.6 is 11.3 Å². The van der Waals surface area contributed by atoms with Crippen molar-refractivity contribution in [1.29, 1.82) is 0 Å². The molecule has 1 saturated heterocycles. The fourth-order valence-corrected chi connectivity index (χ4v) is 3.35. The maximum atomic E-state index is 4.70. The fraction of sp³-hybridized carbons (Fsp3) is 0.786. The maximum Gasteiger partial charge on any atom is 0.0944 e. The molecule has 0 atom stereocenters. The Morgan fingerprint density at radius 1 is 1.26 bits per heavy atom. The summed E-state index contributed by atoms with van der Waals surface area (Å²) in [4.78, 5) is 11.1. The highest BCUT2D eigenvalue weighted by atomic mass is 32.1. The monoisotopic (exact) mass is 282 g/mol. The molecular formula is C14H26N4S. The van der Waals surface area contributed by atoms with Crippen LogP contribution < -0.4 is 5.32 Å². The first-order chi connectivity index (χ1) is 9.19. The zero-order chi connectivity index (χ0) is 13.7. The molecule has 2 rings (SSSR count). The molecule has 1 fully saturated rings. The van der Waals surface area contributed by atoms with Crippen LogP contribution in [0.15, 0.2) is 0 Å². The van der Waals surface area contributed by atoms with E-state index in [4.69, 9.17) is 4.98 Å². The molecule has 0 aromatic carbocycles. The highest BCUT2D eigenvalue weighted by Gasteiger charge is 2.14. The highest BCUT2D eigenvalue weighted by Crippen LogP contribution is 2.18. The van der Waals surface area contributed by atoms with Crippen molar-refractivity contribution in [2.24, 2.45) is 0 Å². The summed E-state index contributed by atoms with van der Waals surface area (Å²) in [5.74, 6) is 0. The molecule has 1 aromatic rings. The van der Waals surface area contributed by atoms with Gasteiger partial charge < -0.3 is 15.1 Å². The Morgan fingerprint density at radius 3 is 2.68 bits per heavy atom. The molecule has 0 amide bonds. The molecule has 5 heteroatoms. The summed E-state index contributed by atoms with van der Waals surface area (Å²) in [6.45, 7) is 12.2. The number of hydrogen-bond donors (Lipinski definition) is 1. The number of piperazine rings is 1. The van der Waals surface area contributed by atoms with Gasteiger partial charge in [0.15, 0.2) is 0 Å². The van der Waals surface area contributed by atoms with Crippen LogP contribution in [0.2, 0.25) is 0 Å². The van der Waals surface area contributed by atoms with Crippen LogP contribution in [0, 0.1) is 6.92 Å². The lowest BCUT2D eigenvalue weighted by molar-refractivity contribution is 0.155. The standard InChI is InChI=1S/C14H26N4S/c1-4-15-11-13-12(2)16-14(19-13)5-6-18-9-7-17(3)8-10-18/h15H,4-11H2,1-3H3. The molecule has 0 aliphatic carbocycles. The first kappa shape index (κ1) is 14.9. The van der Waals surface area contributed by atoms with Crippen LogP contribution in [0.4, 0.5) is 0 Å². The lowest BCUT2D eigenvalue weighted by Gasteiger charge is -2.32. The summed E-state index contributed by atoms with van der Waals surface area (Å²) in [7, 11) is 2.20. The molecular weight excluding hydrogens is 256 g/mol. The Labute approximate surface area is 120 Å². The molecule has 0 radical (unpaired) electrons. The van der Waals surface area contributed by atoms with Crippen LogP contribution in [0.3, 0.4) is 0 Å². The summed E-state index contributed by atoms with van der Waals surface area (Å²) in [6.07, 6.45) is 1.10. The summed E-state index contributed by atoms with van der Waals surface area (Å²) in [6, 6.07) is 0. The molecule has 0 spiro atoms. The average Bonchev–Trinajstić information content (AvgIpc) is 2.76. The van der Waals surface area contributed by atoms with E-state index < -0.39 is 0 Å². The van der Waals surface area contributed by atoms with Crippen LogP contribution in [-0.2, 0) is 13.0 Å². The number of thiazole rings is 1. The smallest absolute Gasteiger partial charge is 0.0944 e. The molecule has 2 heterocycles. The van der Waals surface area contributed by atoms with Gasteiger partial charge in [0, 0.05) is 50.6 Å². The predicted octanol–water partition coefficient (Wildman–Crippen LogP) is 1.35. The Hall–Kier alpha value is -0.490. The Bertz CT molecular complexity index is 383. The Morgan fingerprint density at radius 2 is 2.00 bits per heavy atom. The van der Waals surface area contributed by atoms with Gasteiger partial charge in [0.05, 0.1) is 10.7 Å². The third-order valence-electron chi connectivity index (χ3n) is 3.71. The second kappa shape index (κ2) is 7.33. The largest absolute Gasteiger partial charge is 0.312 e. The lowest BCUT2D eigenvalue weighted by atomic mass is 10.3. The molecule has 0 unspecified atom stereocenters. The van der Waals surface area contributed by atoms with Crippen LogP contribution in [0.5, 0.6) is 0 Å². The second-order valence-electron chi connectivity index (χ2n) is 5.29. The molecule has 19 heavy (non-hydrogen) atoms. The molecule has 1 aliphatic heterocycles. The Balaban J connectivity index is 1.79. The summed E-state index contributed by atoms with van der Waals surface area (Å²) < 4.78 is 0. The van der Waals surface area contributed by atoms with E-state index in [-0.39, 0.29) is 0 Å². The fourth-order valence-electron chi connectivity index (χ4n) is 2.32. The minimum absolute atomic E-state index is 0.967. The van der Waals surface area contributed by atoms with Crippen molar-refractivity contribution >= 4 is 11.3 Å². The quantitative estimate of drug-likeness (QED) is 0.853. The van der Waals surface area contributed by atoms with Gasteiger partial charge in [0.2, 0.25) is 0 Å². The summed E-state index contributed by atoms with van der Waals surface area (Å²) >= 11 is 1.88. The zero-order valence-corrected chi connectivity index (χ0v) is 13.2. The second-order valence-corrected chi connectivity index (χ2v) is 6.46. The van der Waals surface area contributed by atoms with Crippen LogP contribution in [0.1, 0.15) is 22.5 Å². The van der Waals surface area contributed by atoms with Crippen LogP contribution in [0.25, 0.3) is 0 Å². The first-order valence-corrected chi connectivity index (χ1v) is 8.07. The first-order valence-electron chi connectivity index (χ1n) is 7.26. The number of aromatic nitrogens is 1. The van der Waals surface area contributed by atoms with E-state index in [1.807, 2.05) is 11.3 Å². The van der Waals surface area contributed by atoms with Crippen molar-refractivity contribution in [3.05, 3.63) is 15.6 Å². The number of hydrogen-bond acceptors (Lipinski definition) is 5. The van der Waals surface area contributed by atoms with Gasteiger partial charge in [-0.2, -0.15) is 0 Å². The van der Waals surface area contributed by atoms with Gasteiger partial charge in [-0.3, -0.25) is 0 Å². The van der Waals surface area contributed by atoms with E-state index in [1.54, 1.807) is 0 Å². The minimum atomic E-state index is 0.967. The number of nitrogens with zero attached hydrogens (tertiary/aromatic N) is 3. The van der Waals surface area contributed by atoms with Crippen molar-refractivity contribution in [1.82, 2.24) is 20.1 Å². The topological polar surface area (TPSA) is 31.4 Å². The van der Waals surface area contributed by atoms with E-state index in [0.717, 1.165) is 26.1 Å². The Kier molecular flexibility index (Phi) is 5.76. The maximum absolute atomic E-state index is 4.70. The number of rotatable bonds is 6. The number of nitrogens with one attached hydrogen (secondary N) is 1. The molecule has 1 aromatic heterocycles. The van der Waals surface area contributed by atoms with Gasteiger partial charge in [0.25, 0.3) is 0 Å². The van der Waals surface area contributed by atoms with E-state index in [9.17, 15) is 0 Å². The SMILES string of the molecule is CCNCc1sc(CCN2CCN(C)CC2)nc1C. The number of aryl methyl sites for hydroxylation is 1. The van der Waals surface area contributed by atoms with Crippen molar-refractivity contribution in [3.63, 3.8) is 0 Å². The third-order valence-corrected chi connectivity index (χ3v) is 4.93. The van der Waals surface area contributed by atoms with E-state index in [0.29, 0.717) is 0 Å². The van der Waals surface area contributed by atoms with Crippen LogP contribution in [-0.4, -0.2) is 61.1 Å². The van der Waals surface area contributed by atoms with Gasteiger partial charge in [-0.1, -0.05) is 6.92 Å². The number of likely N-dealkylation sites (N-methyl/N-ethyl adjacent to an activating group) is 1. The normalized spacial score (nSPS) is 18.1. The summed E-state index contributed by atoms with van der Waals surface area (Å²) in [5, 5.41) is 4.68. The van der Waals surface area contributed by atoms with E-state index >= 15 is 0 Å². The zero-order valence-electron chi connectivity index (χ0n) is 12.4. The lowest BCUT2D eigenvalue weighted by Crippen LogP contribution is -2.45. The van der Waals surface area contributed by atoms with Crippen molar-refractivity contribution < 1.29 is 0 Å². The van der Waals surface area contributed by atoms with Gasteiger partial charge in [-0.05, 0) is 20.5 Å². The molecule has 0 bridgehead atoms. The van der Waals surface area contributed by atoms with E-state index in [2.05, 4.69) is 36.0 Å². The average molecular weight is 282 g/mol. The minimum Gasteiger partial charge on any atom is -0.312 e. The summed E-state index contributed by atoms with van der Waals surface area (Å²) in [5.41, 5.74) is 1.21. The van der Waals surface area contributed by atoms with Gasteiger partial charge in [0.1, 0.15) is 0 Å². The van der Waals surface area contributed by atoms with Crippen molar-refractivity contribution in [2.45, 2.75) is 26.8 Å². The molecule has 1 aliphatic rings. The van der Waals surface area contributed by atoms with E-state index in [1.165, 1.54) is 41.8 Å². The van der Waals surface area contributed by atoms with Gasteiger partial charge in [-0.15, -0.1) is 11.3 Å².